The molecule has 246 valence electrons. The molecule has 10 rings (SSSR count). The van der Waals surface area contributed by atoms with Crippen molar-refractivity contribution in [2.24, 2.45) is 0 Å². The third kappa shape index (κ3) is 4.56. The number of hydrogen-bond donors (Lipinski definition) is 2. The molecule has 5 heteroatoms. The van der Waals surface area contributed by atoms with Gasteiger partial charge in [-0.25, -0.2) is 9.97 Å². The molecule has 1 aliphatic carbocycles. The van der Waals surface area contributed by atoms with Crippen LogP contribution in [0.15, 0.2) is 170 Å². The van der Waals surface area contributed by atoms with E-state index in [9.17, 15) is 0 Å². The van der Waals surface area contributed by atoms with Gasteiger partial charge < -0.3 is 16.2 Å². The van der Waals surface area contributed by atoms with Gasteiger partial charge in [-0.05, 0) is 88.0 Å². The highest BCUT2D eigenvalue weighted by atomic mass is 16.5. The second-order valence-corrected chi connectivity index (χ2v) is 13.4. The predicted octanol–water partition coefficient (Wildman–Crippen LogP) is 10.8. The Labute approximate surface area is 301 Å². The van der Waals surface area contributed by atoms with Crippen molar-refractivity contribution in [3.05, 3.63) is 192 Å². The van der Waals surface area contributed by atoms with Crippen LogP contribution in [-0.2, 0) is 5.41 Å². The maximum Gasteiger partial charge on any atom is 0.160 e. The number of benzene rings is 7. The van der Waals surface area contributed by atoms with Gasteiger partial charge in [-0.1, -0.05) is 115 Å². The van der Waals surface area contributed by atoms with Crippen molar-refractivity contribution in [1.82, 2.24) is 9.97 Å². The van der Waals surface area contributed by atoms with E-state index in [2.05, 4.69) is 109 Å². The van der Waals surface area contributed by atoms with Crippen LogP contribution in [0.2, 0.25) is 0 Å². The smallest absolute Gasteiger partial charge is 0.160 e. The summed E-state index contributed by atoms with van der Waals surface area (Å²) in [5.74, 6) is 2.32. The van der Waals surface area contributed by atoms with E-state index in [-0.39, 0.29) is 0 Å². The van der Waals surface area contributed by atoms with Gasteiger partial charge in [0.2, 0.25) is 0 Å². The number of nitrogens with zero attached hydrogens (tertiary/aromatic N) is 2. The zero-order valence-electron chi connectivity index (χ0n) is 28.1. The Bertz CT molecular complexity index is 2610. The molecule has 0 radical (unpaired) electrons. The summed E-state index contributed by atoms with van der Waals surface area (Å²) in [6, 6.07) is 58.6. The van der Waals surface area contributed by atoms with Gasteiger partial charge in [-0.15, -0.1) is 0 Å². The number of para-hydroxylation sites is 1. The molecule has 1 atom stereocenters. The normalized spacial score (nSPS) is 14.9. The summed E-state index contributed by atoms with van der Waals surface area (Å²) in [4.78, 5) is 10.2. The quantitative estimate of drug-likeness (QED) is 0.182. The molecule has 4 N–H and O–H groups in total. The molecular formula is C47H32N4O. The number of ether oxygens (including phenoxy) is 1. The number of hydrogen-bond acceptors (Lipinski definition) is 5. The van der Waals surface area contributed by atoms with E-state index in [1.54, 1.807) is 6.07 Å². The van der Waals surface area contributed by atoms with E-state index in [1.807, 2.05) is 54.6 Å². The Hall–Kier alpha value is -6.98. The molecular weight excluding hydrogens is 637 g/mol. The molecule has 1 aromatic heterocycles. The Morgan fingerprint density at radius 3 is 1.73 bits per heavy atom. The number of aromatic nitrogens is 2. The monoisotopic (exact) mass is 668 g/mol. The van der Waals surface area contributed by atoms with E-state index in [1.165, 1.54) is 22.3 Å². The molecule has 2 heterocycles. The van der Waals surface area contributed by atoms with Crippen LogP contribution in [0.5, 0.6) is 11.5 Å². The molecule has 5 nitrogen and oxygen atoms in total. The summed E-state index contributed by atoms with van der Waals surface area (Å²) >= 11 is 0. The third-order valence-electron chi connectivity index (χ3n) is 10.4. The van der Waals surface area contributed by atoms with Crippen molar-refractivity contribution in [2.75, 3.05) is 11.5 Å². The minimum absolute atomic E-state index is 0.634. The second kappa shape index (κ2) is 11.5. The van der Waals surface area contributed by atoms with Gasteiger partial charge >= 0.3 is 0 Å². The lowest BCUT2D eigenvalue weighted by atomic mass is 9.65. The van der Waals surface area contributed by atoms with Gasteiger partial charge in [0, 0.05) is 39.2 Å². The first-order chi connectivity index (χ1) is 25.6. The van der Waals surface area contributed by atoms with Crippen molar-refractivity contribution in [3.63, 3.8) is 0 Å². The molecule has 1 spiro atoms. The molecule has 8 aromatic rings. The topological polar surface area (TPSA) is 87.0 Å². The summed E-state index contributed by atoms with van der Waals surface area (Å²) in [5.41, 5.74) is 26.8. The second-order valence-electron chi connectivity index (χ2n) is 13.4. The summed E-state index contributed by atoms with van der Waals surface area (Å²) in [6.45, 7) is 0. The van der Waals surface area contributed by atoms with Gasteiger partial charge in [0.05, 0.1) is 16.8 Å². The van der Waals surface area contributed by atoms with Gasteiger partial charge in [-0.2, -0.15) is 0 Å². The molecule has 0 fully saturated rings. The number of rotatable bonds is 4. The van der Waals surface area contributed by atoms with Gasteiger partial charge in [0.15, 0.2) is 5.82 Å². The summed E-state index contributed by atoms with van der Waals surface area (Å²) < 4.78 is 6.75. The van der Waals surface area contributed by atoms with Crippen molar-refractivity contribution in [2.45, 2.75) is 5.41 Å². The van der Waals surface area contributed by atoms with Crippen LogP contribution < -0.4 is 16.2 Å². The first-order valence-corrected chi connectivity index (χ1v) is 17.4. The maximum absolute atomic E-state index is 6.75. The number of nitrogen functional groups attached to an aromatic ring is 2. The van der Waals surface area contributed by atoms with E-state index < -0.39 is 5.41 Å². The Morgan fingerprint density at radius 1 is 0.385 bits per heavy atom. The molecule has 1 aliphatic heterocycles. The maximum atomic E-state index is 6.75. The third-order valence-corrected chi connectivity index (χ3v) is 10.4. The number of anilines is 2. The highest BCUT2D eigenvalue weighted by Crippen LogP contribution is 2.62. The lowest BCUT2D eigenvalue weighted by Crippen LogP contribution is -2.32. The van der Waals surface area contributed by atoms with E-state index in [0.717, 1.165) is 61.8 Å². The summed E-state index contributed by atoms with van der Waals surface area (Å²) in [5, 5.41) is 0. The van der Waals surface area contributed by atoms with Crippen LogP contribution in [0.25, 0.3) is 56.2 Å². The van der Waals surface area contributed by atoms with E-state index in [0.29, 0.717) is 17.2 Å². The molecule has 7 aromatic carbocycles. The number of nitrogens with two attached hydrogens (primary N) is 2. The average molecular weight is 669 g/mol. The van der Waals surface area contributed by atoms with Crippen LogP contribution in [0.1, 0.15) is 22.3 Å². The SMILES string of the molecule is Nc1cc(N)cc(-c2ccc3c(c2)C2(c4ccccc4Oc4ccc(-c5cc(-c6ccccc6)nc(-c6ccccc6)n5)cc42)c2ccccc2-3)c1. The molecule has 0 saturated heterocycles. The van der Waals surface area contributed by atoms with Crippen LogP contribution in [-0.4, -0.2) is 9.97 Å². The summed E-state index contributed by atoms with van der Waals surface area (Å²) in [7, 11) is 0. The number of fused-ring (bicyclic) bond motifs is 9. The summed E-state index contributed by atoms with van der Waals surface area (Å²) in [6.07, 6.45) is 0. The zero-order chi connectivity index (χ0) is 34.8. The van der Waals surface area contributed by atoms with Gasteiger partial charge in [0.1, 0.15) is 11.5 Å². The van der Waals surface area contributed by atoms with Crippen molar-refractivity contribution < 1.29 is 4.74 Å². The van der Waals surface area contributed by atoms with Crippen molar-refractivity contribution >= 4 is 11.4 Å². The largest absolute Gasteiger partial charge is 0.457 e. The molecule has 52 heavy (non-hydrogen) atoms. The zero-order valence-corrected chi connectivity index (χ0v) is 28.1. The Kier molecular flexibility index (Phi) is 6.63. The lowest BCUT2D eigenvalue weighted by molar-refractivity contribution is 0.436. The Balaban J connectivity index is 1.25. The van der Waals surface area contributed by atoms with Crippen LogP contribution in [0.4, 0.5) is 11.4 Å². The fraction of sp³-hybridized carbons (Fsp3) is 0.0213. The average Bonchev–Trinajstić information content (AvgIpc) is 3.48. The van der Waals surface area contributed by atoms with Crippen LogP contribution in [0.3, 0.4) is 0 Å². The molecule has 0 bridgehead atoms. The van der Waals surface area contributed by atoms with Gasteiger partial charge in [0.25, 0.3) is 0 Å². The van der Waals surface area contributed by atoms with E-state index in [4.69, 9.17) is 26.2 Å². The fourth-order valence-corrected chi connectivity index (χ4v) is 8.15. The molecule has 0 saturated carbocycles. The van der Waals surface area contributed by atoms with E-state index >= 15 is 0 Å². The van der Waals surface area contributed by atoms with Crippen LogP contribution >= 0.6 is 0 Å². The molecule has 2 aliphatic rings. The van der Waals surface area contributed by atoms with Crippen molar-refractivity contribution in [1.29, 1.82) is 0 Å². The lowest BCUT2D eigenvalue weighted by Gasteiger charge is -2.39. The first kappa shape index (κ1) is 29.9. The standard InChI is InChI=1S/C47H32N4O/c48-34-23-33(24-35(49)27-34)31-19-21-37-36-15-7-8-16-38(36)47(40(37)25-31)39-17-9-10-18-44(39)52-45-22-20-32(26-41(45)47)43-28-42(29-11-3-1-4-12-29)50-46(51-43)30-13-5-2-6-14-30/h1-28H,48-49H2. The predicted molar refractivity (Wildman–Crippen MR) is 210 cm³/mol. The van der Waals surface area contributed by atoms with Crippen LogP contribution in [0, 0.1) is 0 Å². The Morgan fingerprint density at radius 2 is 0.962 bits per heavy atom. The fourth-order valence-electron chi connectivity index (χ4n) is 8.15. The molecule has 0 amide bonds. The highest BCUT2D eigenvalue weighted by Gasteiger charge is 2.51. The van der Waals surface area contributed by atoms with Gasteiger partial charge in [-0.3, -0.25) is 0 Å². The first-order valence-electron chi connectivity index (χ1n) is 17.4. The molecule has 1 unspecified atom stereocenters. The minimum Gasteiger partial charge on any atom is -0.457 e. The highest BCUT2D eigenvalue weighted by molar-refractivity contribution is 5.91. The minimum atomic E-state index is -0.675. The van der Waals surface area contributed by atoms with Crippen molar-refractivity contribution in [3.8, 4) is 67.7 Å².